The summed E-state index contributed by atoms with van der Waals surface area (Å²) in [5.74, 6) is 0.597. The maximum Gasteiger partial charge on any atom is 0.0569 e. The fourth-order valence-electron chi connectivity index (χ4n) is 1.80. The second-order valence-electron chi connectivity index (χ2n) is 3.34. The third kappa shape index (κ3) is 1.01. The summed E-state index contributed by atoms with van der Waals surface area (Å²) in [6.45, 7) is 4.31. The number of nitrogens with one attached hydrogen (secondary N) is 1. The Balaban J connectivity index is 2.28. The lowest BCUT2D eigenvalue weighted by Crippen LogP contribution is -2.29. The number of fused-ring (bicyclic) bond motifs is 1. The van der Waals surface area contributed by atoms with E-state index in [1.54, 1.807) is 0 Å². The first-order chi connectivity index (χ1) is 5.27. The molecule has 0 saturated carbocycles. The van der Waals surface area contributed by atoms with Gasteiger partial charge in [-0.15, -0.1) is 0 Å². The molecule has 0 amide bonds. The summed E-state index contributed by atoms with van der Waals surface area (Å²) >= 11 is 0. The van der Waals surface area contributed by atoms with Crippen molar-refractivity contribution < 1.29 is 0 Å². The van der Waals surface area contributed by atoms with Crippen LogP contribution in [0.3, 0.4) is 0 Å². The van der Waals surface area contributed by atoms with Crippen LogP contribution in [0.5, 0.6) is 0 Å². The van der Waals surface area contributed by atoms with E-state index in [4.69, 9.17) is 0 Å². The van der Waals surface area contributed by atoms with Gasteiger partial charge in [-0.25, -0.2) is 0 Å². The van der Waals surface area contributed by atoms with Crippen LogP contribution in [0.1, 0.15) is 13.8 Å². The molecule has 1 aliphatic heterocycles. The van der Waals surface area contributed by atoms with Gasteiger partial charge in [-0.05, 0) is 13.8 Å². The zero-order chi connectivity index (χ0) is 7.84. The number of allylic oxidation sites excluding steroid dienone is 3. The van der Waals surface area contributed by atoms with E-state index in [9.17, 15) is 0 Å². The standard InChI is InChI=1S/C10H13N/c1-7-4-3-5-9-6-8(2)11-10(7)9/h3-6,9-11H,1-2H3. The van der Waals surface area contributed by atoms with Crippen molar-refractivity contribution in [2.75, 3.05) is 0 Å². The molecule has 0 bridgehead atoms. The van der Waals surface area contributed by atoms with Gasteiger partial charge in [0.15, 0.2) is 0 Å². The third-order valence-electron chi connectivity index (χ3n) is 2.39. The van der Waals surface area contributed by atoms with E-state index in [0.29, 0.717) is 12.0 Å². The van der Waals surface area contributed by atoms with Gasteiger partial charge < -0.3 is 5.32 Å². The van der Waals surface area contributed by atoms with Crippen LogP contribution in [-0.2, 0) is 0 Å². The molecular formula is C10H13N. The summed E-state index contributed by atoms with van der Waals surface area (Å²) in [5, 5.41) is 3.45. The van der Waals surface area contributed by atoms with Crippen LogP contribution < -0.4 is 5.32 Å². The maximum atomic E-state index is 3.45. The molecule has 0 aromatic carbocycles. The summed E-state index contributed by atoms with van der Waals surface area (Å²) in [5.41, 5.74) is 2.74. The normalized spacial score (nSPS) is 34.0. The highest BCUT2D eigenvalue weighted by atomic mass is 15.0. The van der Waals surface area contributed by atoms with Crippen LogP contribution >= 0.6 is 0 Å². The number of hydrogen-bond acceptors (Lipinski definition) is 1. The van der Waals surface area contributed by atoms with Crippen LogP contribution in [0.4, 0.5) is 0 Å². The zero-order valence-electron chi connectivity index (χ0n) is 6.96. The molecule has 2 unspecified atom stereocenters. The van der Waals surface area contributed by atoms with Crippen molar-refractivity contribution in [1.82, 2.24) is 5.32 Å². The van der Waals surface area contributed by atoms with Gasteiger partial charge in [0.25, 0.3) is 0 Å². The van der Waals surface area contributed by atoms with Gasteiger partial charge in [0.2, 0.25) is 0 Å². The molecule has 0 aromatic rings. The Hall–Kier alpha value is -0.980. The maximum absolute atomic E-state index is 3.45. The molecule has 0 saturated heterocycles. The molecule has 0 aromatic heterocycles. The fraction of sp³-hybridized carbons (Fsp3) is 0.400. The summed E-state index contributed by atoms with van der Waals surface area (Å²) in [6, 6.07) is 0.542. The highest BCUT2D eigenvalue weighted by molar-refractivity contribution is 5.33. The number of rotatable bonds is 0. The Kier molecular flexibility index (Phi) is 1.38. The summed E-state index contributed by atoms with van der Waals surface area (Å²) < 4.78 is 0. The highest BCUT2D eigenvalue weighted by Gasteiger charge is 2.25. The lowest BCUT2D eigenvalue weighted by atomic mass is 9.92. The zero-order valence-corrected chi connectivity index (χ0v) is 6.96. The number of hydrogen-bond donors (Lipinski definition) is 1. The highest BCUT2D eigenvalue weighted by Crippen LogP contribution is 2.26. The predicted octanol–water partition coefficient (Wildman–Crippen LogP) is 1.99. The van der Waals surface area contributed by atoms with Gasteiger partial charge in [0.05, 0.1) is 6.04 Å². The Morgan fingerprint density at radius 3 is 2.91 bits per heavy atom. The van der Waals surface area contributed by atoms with Crippen molar-refractivity contribution in [2.24, 2.45) is 5.92 Å². The molecule has 58 valence electrons. The second-order valence-corrected chi connectivity index (χ2v) is 3.34. The van der Waals surface area contributed by atoms with E-state index in [-0.39, 0.29) is 0 Å². The Labute approximate surface area is 67.5 Å². The first kappa shape index (κ1) is 6.71. The van der Waals surface area contributed by atoms with Gasteiger partial charge in [-0.2, -0.15) is 0 Å². The molecular weight excluding hydrogens is 134 g/mol. The predicted molar refractivity (Wildman–Crippen MR) is 47.1 cm³/mol. The van der Waals surface area contributed by atoms with Crippen LogP contribution in [0.2, 0.25) is 0 Å². The molecule has 1 heteroatoms. The first-order valence-electron chi connectivity index (χ1n) is 4.07. The molecule has 0 fully saturated rings. The van der Waals surface area contributed by atoms with Gasteiger partial charge in [-0.3, -0.25) is 0 Å². The second kappa shape index (κ2) is 2.26. The van der Waals surface area contributed by atoms with Crippen LogP contribution in [0, 0.1) is 5.92 Å². The SMILES string of the molecule is CC1=CC2C=CC=C(C)C2N1. The van der Waals surface area contributed by atoms with Gasteiger partial charge in [-0.1, -0.05) is 29.9 Å². The van der Waals surface area contributed by atoms with Crippen molar-refractivity contribution in [3.63, 3.8) is 0 Å². The van der Waals surface area contributed by atoms with Crippen molar-refractivity contribution in [1.29, 1.82) is 0 Å². The fourth-order valence-corrected chi connectivity index (χ4v) is 1.80. The van der Waals surface area contributed by atoms with Crippen molar-refractivity contribution in [3.8, 4) is 0 Å². The Morgan fingerprint density at radius 1 is 1.36 bits per heavy atom. The van der Waals surface area contributed by atoms with Crippen molar-refractivity contribution in [2.45, 2.75) is 19.9 Å². The molecule has 0 spiro atoms. The smallest absolute Gasteiger partial charge is 0.0569 e. The lowest BCUT2D eigenvalue weighted by molar-refractivity contribution is 0.606. The average molecular weight is 147 g/mol. The summed E-state index contributed by atoms with van der Waals surface area (Å²) in [7, 11) is 0. The van der Waals surface area contributed by atoms with Crippen LogP contribution in [0.15, 0.2) is 35.6 Å². The van der Waals surface area contributed by atoms with E-state index in [1.807, 2.05) is 0 Å². The minimum atomic E-state index is 0.542. The van der Waals surface area contributed by atoms with E-state index < -0.39 is 0 Å². The third-order valence-corrected chi connectivity index (χ3v) is 2.39. The quantitative estimate of drug-likeness (QED) is 0.552. The largest absolute Gasteiger partial charge is 0.381 e. The van der Waals surface area contributed by atoms with E-state index in [1.165, 1.54) is 11.3 Å². The van der Waals surface area contributed by atoms with Gasteiger partial charge in [0.1, 0.15) is 0 Å². The molecule has 1 aliphatic carbocycles. The Morgan fingerprint density at radius 2 is 2.18 bits per heavy atom. The summed E-state index contributed by atoms with van der Waals surface area (Å²) in [6.07, 6.45) is 8.87. The molecule has 0 radical (unpaired) electrons. The molecule has 1 heterocycles. The molecule has 2 atom stereocenters. The average Bonchev–Trinajstić information content (AvgIpc) is 2.31. The van der Waals surface area contributed by atoms with Crippen molar-refractivity contribution in [3.05, 3.63) is 35.6 Å². The minimum Gasteiger partial charge on any atom is -0.381 e. The lowest BCUT2D eigenvalue weighted by Gasteiger charge is -2.21. The van der Waals surface area contributed by atoms with Crippen LogP contribution in [-0.4, -0.2) is 6.04 Å². The minimum absolute atomic E-state index is 0.542. The van der Waals surface area contributed by atoms with E-state index in [0.717, 1.165) is 0 Å². The topological polar surface area (TPSA) is 12.0 Å². The van der Waals surface area contributed by atoms with E-state index >= 15 is 0 Å². The molecule has 1 N–H and O–H groups in total. The molecule has 11 heavy (non-hydrogen) atoms. The summed E-state index contributed by atoms with van der Waals surface area (Å²) in [4.78, 5) is 0. The molecule has 2 rings (SSSR count). The Bertz CT molecular complexity index is 258. The first-order valence-corrected chi connectivity index (χ1v) is 4.07. The monoisotopic (exact) mass is 147 g/mol. The van der Waals surface area contributed by atoms with Crippen molar-refractivity contribution >= 4 is 0 Å². The molecule has 2 aliphatic rings. The van der Waals surface area contributed by atoms with E-state index in [2.05, 4.69) is 43.5 Å². The molecule has 1 nitrogen and oxygen atoms in total. The van der Waals surface area contributed by atoms with Crippen LogP contribution in [0.25, 0.3) is 0 Å². The van der Waals surface area contributed by atoms with Gasteiger partial charge >= 0.3 is 0 Å². The van der Waals surface area contributed by atoms with Gasteiger partial charge in [0, 0.05) is 11.6 Å².